The Morgan fingerprint density at radius 2 is 2.24 bits per heavy atom. The maximum atomic E-state index is 11.2. The third-order valence-corrected chi connectivity index (χ3v) is 2.19. The van der Waals surface area contributed by atoms with Crippen molar-refractivity contribution in [3.05, 3.63) is 17.3 Å². The van der Waals surface area contributed by atoms with Gasteiger partial charge >= 0.3 is 6.03 Å². The topological polar surface area (TPSA) is 83.3 Å². The van der Waals surface area contributed by atoms with Crippen LogP contribution in [0.1, 0.15) is 0 Å². The number of pyridine rings is 1. The molecule has 0 aliphatic rings. The number of hydrogen-bond acceptors (Lipinski definition) is 4. The van der Waals surface area contributed by atoms with Gasteiger partial charge < -0.3 is 21.3 Å². The van der Waals surface area contributed by atoms with Gasteiger partial charge in [-0.2, -0.15) is 0 Å². The van der Waals surface area contributed by atoms with Gasteiger partial charge in [-0.15, -0.1) is 0 Å². The van der Waals surface area contributed by atoms with E-state index >= 15 is 0 Å². The van der Waals surface area contributed by atoms with Crippen LogP contribution in [0.5, 0.6) is 0 Å². The van der Waals surface area contributed by atoms with Gasteiger partial charge in [0.25, 0.3) is 0 Å². The van der Waals surface area contributed by atoms with Gasteiger partial charge in [0.05, 0.1) is 10.7 Å². The van der Waals surface area contributed by atoms with Crippen LogP contribution in [0.15, 0.2) is 12.3 Å². The number of halogens is 1. The molecule has 1 aromatic rings. The van der Waals surface area contributed by atoms with Crippen LogP contribution in [0.4, 0.5) is 16.3 Å². The number of nitrogens with zero attached hydrogens (tertiary/aromatic N) is 2. The minimum absolute atomic E-state index is 0.135. The first-order valence-electron chi connectivity index (χ1n) is 5.10. The Labute approximate surface area is 105 Å². The minimum atomic E-state index is -0.135. The summed E-state index contributed by atoms with van der Waals surface area (Å²) in [6.07, 6.45) is 1.51. The third kappa shape index (κ3) is 4.36. The van der Waals surface area contributed by atoms with E-state index < -0.39 is 0 Å². The molecule has 1 heterocycles. The quantitative estimate of drug-likeness (QED) is 0.703. The van der Waals surface area contributed by atoms with Crippen LogP contribution in [0.2, 0.25) is 5.02 Å². The standard InChI is InChI=1S/C10H16ClN5O/c1-16(2)10(17)14-4-3-13-9-8(12)5-7(11)6-15-9/h5-6H,3-4,12H2,1-2H3,(H,13,15)(H,14,17). The highest BCUT2D eigenvalue weighted by atomic mass is 35.5. The van der Waals surface area contributed by atoms with Gasteiger partial charge in [0.15, 0.2) is 0 Å². The summed E-state index contributed by atoms with van der Waals surface area (Å²) in [5.74, 6) is 0.563. The average Bonchev–Trinajstić information content (AvgIpc) is 2.26. The molecule has 0 saturated carbocycles. The molecule has 17 heavy (non-hydrogen) atoms. The predicted octanol–water partition coefficient (Wildman–Crippen LogP) is 1.00. The van der Waals surface area contributed by atoms with Crippen molar-refractivity contribution < 1.29 is 4.79 Å². The SMILES string of the molecule is CN(C)C(=O)NCCNc1ncc(Cl)cc1N. The van der Waals surface area contributed by atoms with Gasteiger partial charge in [0, 0.05) is 33.4 Å². The van der Waals surface area contributed by atoms with Crippen LogP contribution < -0.4 is 16.4 Å². The zero-order valence-electron chi connectivity index (χ0n) is 9.83. The first kappa shape index (κ1) is 13.4. The van der Waals surface area contributed by atoms with Crippen LogP contribution in [-0.2, 0) is 0 Å². The molecule has 0 atom stereocenters. The van der Waals surface area contributed by atoms with E-state index in [1.807, 2.05) is 0 Å². The van der Waals surface area contributed by atoms with Gasteiger partial charge in [0.2, 0.25) is 0 Å². The molecule has 2 amide bonds. The van der Waals surface area contributed by atoms with Gasteiger partial charge in [-0.3, -0.25) is 0 Å². The van der Waals surface area contributed by atoms with E-state index in [-0.39, 0.29) is 6.03 Å². The molecular formula is C10H16ClN5O. The highest BCUT2D eigenvalue weighted by Gasteiger charge is 2.03. The van der Waals surface area contributed by atoms with E-state index in [0.717, 1.165) is 0 Å². The van der Waals surface area contributed by atoms with Crippen LogP contribution in [0, 0.1) is 0 Å². The number of hydrogen-bond donors (Lipinski definition) is 3. The first-order chi connectivity index (χ1) is 8.00. The van der Waals surface area contributed by atoms with Crippen molar-refractivity contribution in [2.75, 3.05) is 38.2 Å². The fourth-order valence-electron chi connectivity index (χ4n) is 1.11. The Bertz CT molecular complexity index is 396. The summed E-state index contributed by atoms with van der Waals surface area (Å²) in [5.41, 5.74) is 6.19. The van der Waals surface area contributed by atoms with Crippen molar-refractivity contribution >= 4 is 29.1 Å². The molecule has 1 rings (SSSR count). The maximum absolute atomic E-state index is 11.2. The number of amides is 2. The monoisotopic (exact) mass is 257 g/mol. The molecule has 7 heteroatoms. The summed E-state index contributed by atoms with van der Waals surface area (Å²) in [6.45, 7) is 1.03. The zero-order valence-corrected chi connectivity index (χ0v) is 10.6. The van der Waals surface area contributed by atoms with Gasteiger partial charge in [-0.25, -0.2) is 9.78 Å². The van der Waals surface area contributed by atoms with E-state index in [9.17, 15) is 4.79 Å². The van der Waals surface area contributed by atoms with Crippen LogP contribution in [-0.4, -0.2) is 43.1 Å². The molecule has 0 saturated heterocycles. The molecule has 94 valence electrons. The summed E-state index contributed by atoms with van der Waals surface area (Å²) >= 11 is 5.72. The fraction of sp³-hybridized carbons (Fsp3) is 0.400. The molecule has 0 aliphatic heterocycles. The Morgan fingerprint density at radius 3 is 2.82 bits per heavy atom. The van der Waals surface area contributed by atoms with Gasteiger partial charge in [-0.1, -0.05) is 11.6 Å². The molecule has 0 fully saturated rings. The number of anilines is 2. The lowest BCUT2D eigenvalue weighted by Crippen LogP contribution is -2.37. The maximum Gasteiger partial charge on any atom is 0.316 e. The van der Waals surface area contributed by atoms with Gasteiger partial charge in [-0.05, 0) is 6.07 Å². The highest BCUT2D eigenvalue weighted by Crippen LogP contribution is 2.18. The lowest BCUT2D eigenvalue weighted by atomic mass is 10.4. The van der Waals surface area contributed by atoms with Gasteiger partial charge in [0.1, 0.15) is 5.82 Å². The van der Waals surface area contributed by atoms with Crippen LogP contribution in [0.3, 0.4) is 0 Å². The summed E-state index contributed by atoms with van der Waals surface area (Å²) < 4.78 is 0. The predicted molar refractivity (Wildman–Crippen MR) is 69.2 cm³/mol. The molecule has 0 aromatic carbocycles. The van der Waals surface area contributed by atoms with E-state index in [1.165, 1.54) is 11.1 Å². The number of carbonyl (C=O) groups excluding carboxylic acids is 1. The summed E-state index contributed by atoms with van der Waals surface area (Å²) in [7, 11) is 3.36. The lowest BCUT2D eigenvalue weighted by molar-refractivity contribution is 0.218. The number of carbonyl (C=O) groups is 1. The van der Waals surface area contributed by atoms with Crippen molar-refractivity contribution in [1.29, 1.82) is 0 Å². The van der Waals surface area contributed by atoms with Crippen molar-refractivity contribution in [2.45, 2.75) is 0 Å². The lowest BCUT2D eigenvalue weighted by Gasteiger charge is -2.13. The number of aromatic nitrogens is 1. The van der Waals surface area contributed by atoms with Crippen molar-refractivity contribution in [3.8, 4) is 0 Å². The fourth-order valence-corrected chi connectivity index (χ4v) is 1.28. The van der Waals surface area contributed by atoms with E-state index in [4.69, 9.17) is 17.3 Å². The summed E-state index contributed by atoms with van der Waals surface area (Å²) in [4.78, 5) is 16.7. The Kier molecular flexibility index (Phi) is 4.84. The largest absolute Gasteiger partial charge is 0.396 e. The molecule has 0 unspecified atom stereocenters. The van der Waals surface area contributed by atoms with Crippen molar-refractivity contribution in [2.24, 2.45) is 0 Å². The second-order valence-corrected chi connectivity index (χ2v) is 4.08. The molecule has 0 spiro atoms. The number of urea groups is 1. The average molecular weight is 258 g/mol. The third-order valence-electron chi connectivity index (χ3n) is 1.98. The molecule has 6 nitrogen and oxygen atoms in total. The zero-order chi connectivity index (χ0) is 12.8. The minimum Gasteiger partial charge on any atom is -0.396 e. The molecule has 4 N–H and O–H groups in total. The number of nitrogens with one attached hydrogen (secondary N) is 2. The van der Waals surface area contributed by atoms with Crippen molar-refractivity contribution in [3.63, 3.8) is 0 Å². The van der Waals surface area contributed by atoms with E-state index in [1.54, 1.807) is 20.2 Å². The van der Waals surface area contributed by atoms with Crippen LogP contribution >= 0.6 is 11.6 Å². The summed E-state index contributed by atoms with van der Waals surface area (Å²) in [6, 6.07) is 1.48. The molecule has 0 radical (unpaired) electrons. The molecule has 0 aliphatic carbocycles. The Morgan fingerprint density at radius 1 is 1.53 bits per heavy atom. The van der Waals surface area contributed by atoms with E-state index in [0.29, 0.717) is 29.6 Å². The first-order valence-corrected chi connectivity index (χ1v) is 5.48. The smallest absolute Gasteiger partial charge is 0.316 e. The molecular weight excluding hydrogens is 242 g/mol. The number of rotatable bonds is 4. The molecule has 1 aromatic heterocycles. The Hall–Kier alpha value is -1.69. The van der Waals surface area contributed by atoms with Crippen molar-refractivity contribution in [1.82, 2.24) is 15.2 Å². The highest BCUT2D eigenvalue weighted by molar-refractivity contribution is 6.30. The molecule has 0 bridgehead atoms. The number of nitrogen functional groups attached to an aromatic ring is 1. The summed E-state index contributed by atoms with van der Waals surface area (Å²) in [5, 5.41) is 6.21. The number of nitrogens with two attached hydrogens (primary N) is 1. The second-order valence-electron chi connectivity index (χ2n) is 3.64. The second kappa shape index (κ2) is 6.15. The van der Waals surface area contributed by atoms with E-state index in [2.05, 4.69) is 15.6 Å². The normalized spacial score (nSPS) is 9.82. The Balaban J connectivity index is 2.34. The van der Waals surface area contributed by atoms with Crippen LogP contribution in [0.25, 0.3) is 0 Å².